The molecule has 0 radical (unpaired) electrons. The Hall–Kier alpha value is -0.700. The van der Waals surface area contributed by atoms with Crippen LogP contribution in [-0.4, -0.2) is 56.6 Å². The molecule has 0 bridgehead atoms. The van der Waals surface area contributed by atoms with Crippen molar-refractivity contribution in [2.45, 2.75) is 63.7 Å². The van der Waals surface area contributed by atoms with Gasteiger partial charge in [0, 0.05) is 12.5 Å². The van der Waals surface area contributed by atoms with Crippen molar-refractivity contribution in [1.82, 2.24) is 10.0 Å². The highest BCUT2D eigenvalue weighted by Gasteiger charge is 2.34. The van der Waals surface area contributed by atoms with Crippen LogP contribution in [0, 0.1) is 5.92 Å². The predicted molar refractivity (Wildman–Crippen MR) is 86.3 cm³/mol. The summed E-state index contributed by atoms with van der Waals surface area (Å²) in [7, 11) is -3.18. The minimum atomic E-state index is -3.18. The number of hydrogen-bond donors (Lipinski definition) is 3. The maximum atomic E-state index is 12.0. The molecule has 2 rings (SSSR count). The predicted octanol–water partition coefficient (Wildman–Crippen LogP) is 0.141. The van der Waals surface area contributed by atoms with Gasteiger partial charge in [0.2, 0.25) is 15.9 Å². The van der Waals surface area contributed by atoms with Gasteiger partial charge >= 0.3 is 0 Å². The summed E-state index contributed by atoms with van der Waals surface area (Å²) in [5.41, 5.74) is 0. The standard InChI is InChI=1S/C15H28N2O5S/c1-2-23(20,21)16-9-8-12-6-7-13(14(10-18)22-12)17-15(19)11-4-3-5-11/h11-14,16,18H,2-10H2,1H3,(H,17,19)/t12-,13+,14-/m0/s1. The first-order valence-electron chi connectivity index (χ1n) is 8.49. The molecule has 2 aliphatic rings. The summed E-state index contributed by atoms with van der Waals surface area (Å²) in [6, 6.07) is -0.156. The van der Waals surface area contributed by atoms with E-state index < -0.39 is 16.1 Å². The van der Waals surface area contributed by atoms with E-state index in [4.69, 9.17) is 4.74 Å². The van der Waals surface area contributed by atoms with Gasteiger partial charge in [0.25, 0.3) is 0 Å². The van der Waals surface area contributed by atoms with Crippen LogP contribution in [0.15, 0.2) is 0 Å². The smallest absolute Gasteiger partial charge is 0.223 e. The maximum Gasteiger partial charge on any atom is 0.223 e. The number of sulfonamides is 1. The molecule has 134 valence electrons. The largest absolute Gasteiger partial charge is 0.394 e. The SMILES string of the molecule is CCS(=O)(=O)NCC[C@@H]1CC[C@@H](NC(=O)C2CCC2)[C@H](CO)O1. The second-order valence-electron chi connectivity index (χ2n) is 6.39. The van der Waals surface area contributed by atoms with Gasteiger partial charge in [-0.2, -0.15) is 0 Å². The summed E-state index contributed by atoms with van der Waals surface area (Å²) >= 11 is 0. The molecule has 1 aliphatic carbocycles. The van der Waals surface area contributed by atoms with Gasteiger partial charge in [0.1, 0.15) is 6.10 Å². The van der Waals surface area contributed by atoms with Crippen LogP contribution in [0.2, 0.25) is 0 Å². The molecule has 23 heavy (non-hydrogen) atoms. The number of carbonyl (C=O) groups is 1. The molecule has 2 fully saturated rings. The Morgan fingerprint density at radius 3 is 2.57 bits per heavy atom. The van der Waals surface area contributed by atoms with E-state index in [0.29, 0.717) is 13.0 Å². The molecule has 1 aliphatic heterocycles. The highest BCUT2D eigenvalue weighted by molar-refractivity contribution is 7.89. The summed E-state index contributed by atoms with van der Waals surface area (Å²) in [5.74, 6) is 0.250. The molecular formula is C15H28N2O5S. The number of aliphatic hydroxyl groups is 1. The number of carbonyl (C=O) groups excluding carboxylic acids is 1. The van der Waals surface area contributed by atoms with Crippen molar-refractivity contribution in [3.63, 3.8) is 0 Å². The van der Waals surface area contributed by atoms with E-state index >= 15 is 0 Å². The lowest BCUT2D eigenvalue weighted by atomic mass is 9.84. The van der Waals surface area contributed by atoms with Gasteiger partial charge in [-0.15, -0.1) is 0 Å². The Bertz CT molecular complexity index is 492. The summed E-state index contributed by atoms with van der Waals surface area (Å²) in [4.78, 5) is 12.0. The van der Waals surface area contributed by atoms with E-state index in [0.717, 1.165) is 32.1 Å². The number of aliphatic hydroxyl groups excluding tert-OH is 1. The highest BCUT2D eigenvalue weighted by atomic mass is 32.2. The van der Waals surface area contributed by atoms with Crippen molar-refractivity contribution < 1.29 is 23.1 Å². The van der Waals surface area contributed by atoms with E-state index in [-0.39, 0.29) is 36.3 Å². The third-order valence-electron chi connectivity index (χ3n) is 4.77. The first-order valence-corrected chi connectivity index (χ1v) is 10.1. The zero-order valence-electron chi connectivity index (χ0n) is 13.7. The Morgan fingerprint density at radius 2 is 2.00 bits per heavy atom. The van der Waals surface area contributed by atoms with Crippen molar-refractivity contribution in [3.05, 3.63) is 0 Å². The molecule has 1 heterocycles. The number of rotatable bonds is 8. The Morgan fingerprint density at radius 1 is 1.26 bits per heavy atom. The van der Waals surface area contributed by atoms with E-state index in [1.807, 2.05) is 0 Å². The number of amides is 1. The third kappa shape index (κ3) is 5.41. The summed E-state index contributed by atoms with van der Waals surface area (Å²) < 4.78 is 31.1. The van der Waals surface area contributed by atoms with Crippen LogP contribution in [0.25, 0.3) is 0 Å². The van der Waals surface area contributed by atoms with E-state index in [1.165, 1.54) is 0 Å². The topological polar surface area (TPSA) is 105 Å². The third-order valence-corrected chi connectivity index (χ3v) is 6.17. The second kappa shape index (κ2) is 8.41. The van der Waals surface area contributed by atoms with Crippen LogP contribution < -0.4 is 10.0 Å². The number of nitrogens with one attached hydrogen (secondary N) is 2. The monoisotopic (exact) mass is 348 g/mol. The normalized spacial score (nSPS) is 29.0. The van der Waals surface area contributed by atoms with Crippen molar-refractivity contribution in [2.75, 3.05) is 18.9 Å². The Balaban J connectivity index is 1.75. The quantitative estimate of drug-likeness (QED) is 0.579. The van der Waals surface area contributed by atoms with Crippen molar-refractivity contribution in [3.8, 4) is 0 Å². The second-order valence-corrected chi connectivity index (χ2v) is 8.48. The molecule has 7 nitrogen and oxygen atoms in total. The molecule has 0 unspecified atom stereocenters. The highest BCUT2D eigenvalue weighted by Crippen LogP contribution is 2.28. The van der Waals surface area contributed by atoms with Crippen LogP contribution in [0.5, 0.6) is 0 Å². The van der Waals surface area contributed by atoms with Crippen LogP contribution in [-0.2, 0) is 19.6 Å². The zero-order chi connectivity index (χ0) is 16.9. The first-order chi connectivity index (χ1) is 10.9. The molecule has 1 saturated carbocycles. The van der Waals surface area contributed by atoms with E-state index in [9.17, 15) is 18.3 Å². The van der Waals surface area contributed by atoms with Crippen LogP contribution >= 0.6 is 0 Å². The van der Waals surface area contributed by atoms with Gasteiger partial charge in [-0.25, -0.2) is 13.1 Å². The van der Waals surface area contributed by atoms with Crippen LogP contribution in [0.4, 0.5) is 0 Å². The molecule has 0 aromatic carbocycles. The van der Waals surface area contributed by atoms with Gasteiger partial charge in [-0.3, -0.25) is 4.79 Å². The fourth-order valence-electron chi connectivity index (χ4n) is 2.96. The summed E-state index contributed by atoms with van der Waals surface area (Å²) in [6.45, 7) is 1.78. The minimum Gasteiger partial charge on any atom is -0.394 e. The first kappa shape index (κ1) is 18.6. The minimum absolute atomic E-state index is 0.0626. The molecule has 0 aromatic heterocycles. The lowest BCUT2D eigenvalue weighted by Crippen LogP contribution is -2.53. The molecule has 0 aromatic rings. The van der Waals surface area contributed by atoms with E-state index in [1.54, 1.807) is 6.92 Å². The van der Waals surface area contributed by atoms with Crippen LogP contribution in [0.1, 0.15) is 45.4 Å². The van der Waals surface area contributed by atoms with Crippen LogP contribution in [0.3, 0.4) is 0 Å². The van der Waals surface area contributed by atoms with Crippen molar-refractivity contribution in [1.29, 1.82) is 0 Å². The maximum absolute atomic E-state index is 12.0. The zero-order valence-corrected chi connectivity index (χ0v) is 14.5. The lowest BCUT2D eigenvalue weighted by molar-refractivity contribution is -0.134. The average Bonchev–Trinajstić information content (AvgIpc) is 2.46. The van der Waals surface area contributed by atoms with Crippen molar-refractivity contribution >= 4 is 15.9 Å². The average molecular weight is 348 g/mol. The fourth-order valence-corrected chi connectivity index (χ4v) is 3.59. The van der Waals surface area contributed by atoms with Gasteiger partial charge in [-0.05, 0) is 39.0 Å². The molecule has 1 amide bonds. The van der Waals surface area contributed by atoms with Gasteiger partial charge in [0.15, 0.2) is 0 Å². The molecule has 0 spiro atoms. The molecule has 8 heteroatoms. The molecule has 3 N–H and O–H groups in total. The molecule has 1 saturated heterocycles. The Labute approximate surface area is 138 Å². The van der Waals surface area contributed by atoms with Gasteiger partial charge < -0.3 is 15.2 Å². The molecular weight excluding hydrogens is 320 g/mol. The fraction of sp³-hybridized carbons (Fsp3) is 0.933. The van der Waals surface area contributed by atoms with Crippen molar-refractivity contribution in [2.24, 2.45) is 5.92 Å². The number of hydrogen-bond acceptors (Lipinski definition) is 5. The van der Waals surface area contributed by atoms with Gasteiger partial charge in [0.05, 0.1) is 24.5 Å². The number of ether oxygens (including phenoxy) is 1. The summed E-state index contributed by atoms with van der Waals surface area (Å²) in [6.07, 6.45) is 4.56. The lowest BCUT2D eigenvalue weighted by Gasteiger charge is -2.37. The van der Waals surface area contributed by atoms with Gasteiger partial charge in [-0.1, -0.05) is 6.42 Å². The summed E-state index contributed by atoms with van der Waals surface area (Å²) in [5, 5.41) is 12.5. The Kier molecular flexibility index (Phi) is 6.82. The molecule has 3 atom stereocenters. The van der Waals surface area contributed by atoms with E-state index in [2.05, 4.69) is 10.0 Å².